The van der Waals surface area contributed by atoms with E-state index >= 15 is 0 Å². The Hall–Kier alpha value is -3.70. The number of carbonyl (C=O) groups excluding carboxylic acids is 3. The van der Waals surface area contributed by atoms with Crippen LogP contribution in [0.25, 0.3) is 0 Å². The number of esters is 1. The highest BCUT2D eigenvalue weighted by molar-refractivity contribution is 5.96. The SMILES string of the molecule is CCCC(NC(=O)C(CC(=O)O)NC(=O)Nc1ccc([N+](=O)[O-])cc1)C(=O)OC. The van der Waals surface area contributed by atoms with Gasteiger partial charge in [0.05, 0.1) is 18.5 Å². The zero-order valence-corrected chi connectivity index (χ0v) is 15.8. The highest BCUT2D eigenvalue weighted by Crippen LogP contribution is 2.15. The number of nitro benzene ring substituents is 1. The van der Waals surface area contributed by atoms with E-state index in [9.17, 15) is 29.3 Å². The molecule has 0 aliphatic carbocycles. The molecule has 0 aliphatic rings. The van der Waals surface area contributed by atoms with Crippen LogP contribution < -0.4 is 16.0 Å². The fourth-order valence-corrected chi connectivity index (χ4v) is 2.33. The molecule has 12 nitrogen and oxygen atoms in total. The van der Waals surface area contributed by atoms with Crippen LogP contribution in [0.5, 0.6) is 0 Å². The maximum atomic E-state index is 12.4. The summed E-state index contributed by atoms with van der Waals surface area (Å²) in [7, 11) is 1.15. The standard InChI is InChI=1S/C17H22N4O8/c1-3-4-12(16(25)29-2)19-15(24)13(9-14(22)23)20-17(26)18-10-5-7-11(8-6-10)21(27)28/h5-8,12-13H,3-4,9H2,1-2H3,(H,19,24)(H,22,23)(H2,18,20,26). The minimum atomic E-state index is -1.46. The molecular formula is C17H22N4O8. The largest absolute Gasteiger partial charge is 0.481 e. The van der Waals surface area contributed by atoms with Gasteiger partial charge in [-0.3, -0.25) is 19.7 Å². The zero-order chi connectivity index (χ0) is 22.0. The molecule has 29 heavy (non-hydrogen) atoms. The van der Waals surface area contributed by atoms with Crippen LogP contribution in [0.2, 0.25) is 0 Å². The van der Waals surface area contributed by atoms with Crippen LogP contribution in [0.15, 0.2) is 24.3 Å². The summed E-state index contributed by atoms with van der Waals surface area (Å²) in [6.45, 7) is 1.78. The van der Waals surface area contributed by atoms with Crippen LogP contribution in [-0.2, 0) is 19.1 Å². The number of carboxylic acids is 1. The average Bonchev–Trinajstić information content (AvgIpc) is 2.66. The predicted molar refractivity (Wildman–Crippen MR) is 100 cm³/mol. The number of carboxylic acid groups (broad SMARTS) is 1. The molecule has 0 radical (unpaired) electrons. The number of anilines is 1. The van der Waals surface area contributed by atoms with Gasteiger partial charge < -0.3 is 25.8 Å². The first-order valence-corrected chi connectivity index (χ1v) is 8.59. The second-order valence-corrected chi connectivity index (χ2v) is 5.93. The molecule has 1 aromatic rings. The summed E-state index contributed by atoms with van der Waals surface area (Å²) in [5.74, 6) is -2.90. The number of aliphatic carboxylic acids is 1. The van der Waals surface area contributed by atoms with Crippen molar-refractivity contribution >= 4 is 35.3 Å². The monoisotopic (exact) mass is 410 g/mol. The number of rotatable bonds is 10. The van der Waals surface area contributed by atoms with Crippen LogP contribution in [0, 0.1) is 10.1 Å². The van der Waals surface area contributed by atoms with Crippen molar-refractivity contribution < 1.29 is 33.9 Å². The molecule has 2 unspecified atom stereocenters. The Morgan fingerprint density at radius 2 is 1.76 bits per heavy atom. The Labute approximate surface area is 165 Å². The molecule has 0 bridgehead atoms. The van der Waals surface area contributed by atoms with Crippen LogP contribution in [-0.4, -0.2) is 53.1 Å². The zero-order valence-electron chi connectivity index (χ0n) is 15.8. The fraction of sp³-hybridized carbons (Fsp3) is 0.412. The van der Waals surface area contributed by atoms with Crippen LogP contribution >= 0.6 is 0 Å². The van der Waals surface area contributed by atoms with Crippen molar-refractivity contribution in [3.63, 3.8) is 0 Å². The first kappa shape index (κ1) is 23.3. The summed E-state index contributed by atoms with van der Waals surface area (Å²) < 4.78 is 4.60. The molecule has 1 aromatic carbocycles. The highest BCUT2D eigenvalue weighted by atomic mass is 16.6. The summed E-state index contributed by atoms with van der Waals surface area (Å²) in [6, 6.07) is 1.55. The van der Waals surface area contributed by atoms with E-state index in [0.29, 0.717) is 6.42 Å². The number of nitrogens with one attached hydrogen (secondary N) is 3. The molecule has 158 valence electrons. The van der Waals surface area contributed by atoms with Gasteiger partial charge in [-0.25, -0.2) is 9.59 Å². The number of benzene rings is 1. The van der Waals surface area contributed by atoms with E-state index in [1.54, 1.807) is 6.92 Å². The number of urea groups is 1. The smallest absolute Gasteiger partial charge is 0.328 e. The molecule has 0 saturated carbocycles. The van der Waals surface area contributed by atoms with Gasteiger partial charge in [-0.1, -0.05) is 13.3 Å². The van der Waals surface area contributed by atoms with Gasteiger partial charge in [-0.05, 0) is 18.6 Å². The molecule has 0 heterocycles. The Morgan fingerprint density at radius 3 is 2.24 bits per heavy atom. The number of non-ortho nitro benzene ring substituents is 1. The Kier molecular flexibility index (Phi) is 9.02. The third-order valence-electron chi connectivity index (χ3n) is 3.72. The third-order valence-corrected chi connectivity index (χ3v) is 3.72. The molecule has 12 heteroatoms. The van der Waals surface area contributed by atoms with Gasteiger partial charge in [0.15, 0.2) is 0 Å². The topological polar surface area (TPSA) is 177 Å². The van der Waals surface area contributed by atoms with E-state index in [4.69, 9.17) is 5.11 Å². The lowest BCUT2D eigenvalue weighted by atomic mass is 10.1. The Bertz CT molecular complexity index is 765. The lowest BCUT2D eigenvalue weighted by Crippen LogP contribution is -2.53. The van der Waals surface area contributed by atoms with Crippen LogP contribution in [0.3, 0.4) is 0 Å². The molecule has 1 rings (SSSR count). The van der Waals surface area contributed by atoms with Crippen molar-refractivity contribution in [3.05, 3.63) is 34.4 Å². The van der Waals surface area contributed by atoms with Gasteiger partial charge in [0.25, 0.3) is 5.69 Å². The van der Waals surface area contributed by atoms with Gasteiger partial charge in [-0.2, -0.15) is 0 Å². The summed E-state index contributed by atoms with van der Waals surface area (Å²) in [4.78, 5) is 57.3. The molecule has 0 fully saturated rings. The van der Waals surface area contributed by atoms with E-state index in [1.165, 1.54) is 24.3 Å². The number of carbonyl (C=O) groups is 4. The van der Waals surface area contributed by atoms with Gasteiger partial charge in [0.1, 0.15) is 12.1 Å². The molecule has 0 spiro atoms. The van der Waals surface area contributed by atoms with Gasteiger partial charge in [-0.15, -0.1) is 0 Å². The first-order chi connectivity index (χ1) is 13.7. The Balaban J connectivity index is 2.81. The molecular weight excluding hydrogens is 388 g/mol. The summed E-state index contributed by atoms with van der Waals surface area (Å²) in [5.41, 5.74) is 0.0184. The Morgan fingerprint density at radius 1 is 1.14 bits per heavy atom. The van der Waals surface area contributed by atoms with Crippen molar-refractivity contribution in [1.82, 2.24) is 10.6 Å². The van der Waals surface area contributed by atoms with Crippen molar-refractivity contribution in [2.24, 2.45) is 0 Å². The minimum absolute atomic E-state index is 0.177. The van der Waals surface area contributed by atoms with Gasteiger partial charge in [0.2, 0.25) is 5.91 Å². The van der Waals surface area contributed by atoms with Crippen LogP contribution in [0.4, 0.5) is 16.2 Å². The van der Waals surface area contributed by atoms with Crippen molar-refractivity contribution in [2.75, 3.05) is 12.4 Å². The summed E-state index contributed by atoms with van der Waals surface area (Å²) >= 11 is 0. The fourth-order valence-electron chi connectivity index (χ4n) is 2.33. The maximum absolute atomic E-state index is 12.4. The molecule has 0 aliphatic heterocycles. The van der Waals surface area contributed by atoms with E-state index in [-0.39, 0.29) is 17.8 Å². The number of hydrogen-bond acceptors (Lipinski definition) is 7. The first-order valence-electron chi connectivity index (χ1n) is 8.59. The number of amides is 3. The number of ether oxygens (including phenoxy) is 1. The number of hydrogen-bond donors (Lipinski definition) is 4. The summed E-state index contributed by atoms with van der Waals surface area (Å²) in [6.07, 6.45) is 0.102. The van der Waals surface area contributed by atoms with E-state index in [2.05, 4.69) is 20.7 Å². The van der Waals surface area contributed by atoms with E-state index in [0.717, 1.165) is 7.11 Å². The number of nitrogens with zero attached hydrogens (tertiary/aromatic N) is 1. The van der Waals surface area contributed by atoms with E-state index < -0.39 is 47.3 Å². The van der Waals surface area contributed by atoms with E-state index in [1.807, 2.05) is 0 Å². The second-order valence-electron chi connectivity index (χ2n) is 5.93. The van der Waals surface area contributed by atoms with Crippen LogP contribution in [0.1, 0.15) is 26.2 Å². The minimum Gasteiger partial charge on any atom is -0.481 e. The molecule has 3 amide bonds. The molecule has 0 saturated heterocycles. The average molecular weight is 410 g/mol. The second kappa shape index (κ2) is 11.2. The highest BCUT2D eigenvalue weighted by Gasteiger charge is 2.28. The van der Waals surface area contributed by atoms with Gasteiger partial charge >= 0.3 is 18.0 Å². The lowest BCUT2D eigenvalue weighted by molar-refractivity contribution is -0.384. The molecule has 2 atom stereocenters. The normalized spacial score (nSPS) is 12.2. The van der Waals surface area contributed by atoms with Gasteiger partial charge in [0, 0.05) is 17.8 Å². The van der Waals surface area contributed by atoms with Crippen molar-refractivity contribution in [1.29, 1.82) is 0 Å². The third kappa shape index (κ3) is 7.82. The quantitative estimate of drug-likeness (QED) is 0.251. The van der Waals surface area contributed by atoms with Crippen molar-refractivity contribution in [3.8, 4) is 0 Å². The lowest BCUT2D eigenvalue weighted by Gasteiger charge is -2.21. The molecule has 0 aromatic heterocycles. The summed E-state index contributed by atoms with van der Waals surface area (Å²) in [5, 5.41) is 26.6. The number of methoxy groups -OCH3 is 1. The van der Waals surface area contributed by atoms with Crippen molar-refractivity contribution in [2.45, 2.75) is 38.3 Å². The molecule has 4 N–H and O–H groups in total. The predicted octanol–water partition coefficient (Wildman–Crippen LogP) is 1.02. The maximum Gasteiger partial charge on any atom is 0.328 e. The number of nitro groups is 1.